The smallest absolute Gasteiger partial charge is 0.118 e. The van der Waals surface area contributed by atoms with E-state index in [0.29, 0.717) is 0 Å². The van der Waals surface area contributed by atoms with E-state index in [1.54, 1.807) is 21.3 Å². The zero-order valence-electron chi connectivity index (χ0n) is 28.8. The Kier molecular flexibility index (Phi) is 6.72. The first-order valence-corrected chi connectivity index (χ1v) is 17.6. The van der Waals surface area contributed by atoms with Crippen LogP contribution < -0.4 is 14.2 Å². The van der Waals surface area contributed by atoms with Crippen molar-refractivity contribution in [2.75, 3.05) is 21.3 Å². The first-order chi connectivity index (χ1) is 25.2. The van der Waals surface area contributed by atoms with Crippen LogP contribution in [-0.4, -0.2) is 21.3 Å². The number of fused-ring (bicyclic) bond motifs is 12. The summed E-state index contributed by atoms with van der Waals surface area (Å²) in [6.45, 7) is 0. The number of benzene rings is 7. The molecule has 7 aromatic rings. The van der Waals surface area contributed by atoms with Crippen molar-refractivity contribution in [1.82, 2.24) is 0 Å². The molecule has 3 aliphatic rings. The van der Waals surface area contributed by atoms with Crippen LogP contribution in [0.25, 0.3) is 33.4 Å². The summed E-state index contributed by atoms with van der Waals surface area (Å²) >= 11 is 0. The summed E-state index contributed by atoms with van der Waals surface area (Å²) in [4.78, 5) is 0. The van der Waals surface area contributed by atoms with Crippen LogP contribution in [0, 0.1) is 0 Å². The summed E-state index contributed by atoms with van der Waals surface area (Å²) < 4.78 is 16.9. The summed E-state index contributed by atoms with van der Waals surface area (Å²) in [7, 11) is 5.20. The molecule has 3 nitrogen and oxygen atoms in total. The lowest BCUT2D eigenvalue weighted by Gasteiger charge is -2.25. The van der Waals surface area contributed by atoms with Gasteiger partial charge in [0.15, 0.2) is 0 Å². The molecule has 3 aliphatic carbocycles. The molecule has 0 bridgehead atoms. The van der Waals surface area contributed by atoms with Crippen LogP contribution in [0.5, 0.6) is 17.2 Å². The molecule has 0 saturated carbocycles. The standard InChI is InChI=1S/C48H36O3/c1-49-31-22-16-28(17-23-31)40-34-10-4-7-13-37(34)43-46(40)44-38-14-8-5-11-35(38)41(29-18-24-32(50-2)25-19-29)48(44)45-39-15-9-6-12-36(39)42(47(43)45)30-20-26-33(51-3)27-21-30/h4-27,40-42H,1-3H3/t40-,41-,42+/m1/s1. The molecule has 3 atom stereocenters. The van der Waals surface area contributed by atoms with E-state index in [9.17, 15) is 0 Å². The van der Waals surface area contributed by atoms with Crippen molar-refractivity contribution in [1.29, 1.82) is 0 Å². The van der Waals surface area contributed by atoms with Gasteiger partial charge in [-0.25, -0.2) is 0 Å². The Morgan fingerprint density at radius 2 is 0.569 bits per heavy atom. The van der Waals surface area contributed by atoms with E-state index in [-0.39, 0.29) is 17.8 Å². The molecule has 0 unspecified atom stereocenters. The minimum Gasteiger partial charge on any atom is -0.497 e. The predicted molar refractivity (Wildman–Crippen MR) is 205 cm³/mol. The molecule has 0 aromatic heterocycles. The van der Waals surface area contributed by atoms with E-state index in [2.05, 4.69) is 146 Å². The summed E-state index contributed by atoms with van der Waals surface area (Å²) in [5, 5.41) is 0. The maximum absolute atomic E-state index is 5.63. The van der Waals surface area contributed by atoms with Gasteiger partial charge in [0.2, 0.25) is 0 Å². The topological polar surface area (TPSA) is 27.7 Å². The van der Waals surface area contributed by atoms with Gasteiger partial charge >= 0.3 is 0 Å². The van der Waals surface area contributed by atoms with Gasteiger partial charge in [-0.05, 0) is 120 Å². The Bertz CT molecular complexity index is 2180. The number of hydrogen-bond acceptors (Lipinski definition) is 3. The highest BCUT2D eigenvalue weighted by Crippen LogP contribution is 2.66. The summed E-state index contributed by atoms with van der Waals surface area (Å²) in [5.41, 5.74) is 20.2. The van der Waals surface area contributed by atoms with Crippen molar-refractivity contribution in [3.05, 3.63) is 196 Å². The van der Waals surface area contributed by atoms with Crippen molar-refractivity contribution in [2.45, 2.75) is 17.8 Å². The molecule has 0 N–H and O–H groups in total. The SMILES string of the molecule is COc1ccc([C@@H]2c3ccccc3-c3c2c2c(c4c3[C@@H](c3ccc(OC)cc3)c3ccccc3-4)[C@H](c3ccc(OC)cc3)c3ccccc3-2)cc1. The van der Waals surface area contributed by atoms with Gasteiger partial charge in [-0.1, -0.05) is 109 Å². The number of ether oxygens (including phenoxy) is 3. The molecular formula is C48H36O3. The average molecular weight is 661 g/mol. The highest BCUT2D eigenvalue weighted by atomic mass is 16.5. The molecule has 7 aromatic carbocycles. The largest absolute Gasteiger partial charge is 0.497 e. The van der Waals surface area contributed by atoms with Gasteiger partial charge in [-0.2, -0.15) is 0 Å². The summed E-state index contributed by atoms with van der Waals surface area (Å²) in [5.74, 6) is 2.77. The van der Waals surface area contributed by atoms with Crippen LogP contribution >= 0.6 is 0 Å². The molecule has 246 valence electrons. The van der Waals surface area contributed by atoms with Gasteiger partial charge in [0, 0.05) is 17.8 Å². The normalized spacial score (nSPS) is 17.1. The third-order valence-electron chi connectivity index (χ3n) is 11.5. The molecule has 0 spiro atoms. The first kappa shape index (κ1) is 29.8. The van der Waals surface area contributed by atoms with Crippen LogP contribution in [0.4, 0.5) is 0 Å². The molecule has 0 radical (unpaired) electrons. The van der Waals surface area contributed by atoms with Crippen molar-refractivity contribution in [3.63, 3.8) is 0 Å². The minimum atomic E-state index is 0.0593. The van der Waals surface area contributed by atoms with Crippen LogP contribution in [0.15, 0.2) is 146 Å². The van der Waals surface area contributed by atoms with Gasteiger partial charge in [-0.15, -0.1) is 0 Å². The van der Waals surface area contributed by atoms with Crippen LogP contribution in [0.1, 0.15) is 67.8 Å². The first-order valence-electron chi connectivity index (χ1n) is 17.6. The molecule has 0 aliphatic heterocycles. The van der Waals surface area contributed by atoms with E-state index >= 15 is 0 Å². The van der Waals surface area contributed by atoms with E-state index in [1.807, 2.05) is 0 Å². The van der Waals surface area contributed by atoms with Crippen LogP contribution in [0.2, 0.25) is 0 Å². The second-order valence-electron chi connectivity index (χ2n) is 13.7. The Morgan fingerprint density at radius 3 is 0.824 bits per heavy atom. The van der Waals surface area contributed by atoms with Gasteiger partial charge in [-0.3, -0.25) is 0 Å². The van der Waals surface area contributed by atoms with Crippen LogP contribution in [0.3, 0.4) is 0 Å². The maximum Gasteiger partial charge on any atom is 0.118 e. The van der Waals surface area contributed by atoms with E-state index in [0.717, 1.165) is 17.2 Å². The van der Waals surface area contributed by atoms with E-state index < -0.39 is 0 Å². The lowest BCUT2D eigenvalue weighted by atomic mass is 9.77. The highest BCUT2D eigenvalue weighted by Gasteiger charge is 2.47. The van der Waals surface area contributed by atoms with Gasteiger partial charge in [0.25, 0.3) is 0 Å². The molecule has 0 fully saturated rings. The average Bonchev–Trinajstić information content (AvgIpc) is 3.84. The Balaban J connectivity index is 1.37. The van der Waals surface area contributed by atoms with Crippen LogP contribution in [-0.2, 0) is 0 Å². The molecule has 10 rings (SSSR count). The zero-order chi connectivity index (χ0) is 34.2. The van der Waals surface area contributed by atoms with Gasteiger partial charge < -0.3 is 14.2 Å². The third-order valence-corrected chi connectivity index (χ3v) is 11.5. The fourth-order valence-corrected chi connectivity index (χ4v) is 9.37. The second kappa shape index (κ2) is 11.5. The zero-order valence-corrected chi connectivity index (χ0v) is 28.8. The summed E-state index contributed by atoms with van der Waals surface area (Å²) in [6.07, 6.45) is 0. The second-order valence-corrected chi connectivity index (χ2v) is 13.7. The number of methoxy groups -OCH3 is 3. The fraction of sp³-hybridized carbons (Fsp3) is 0.125. The third kappa shape index (κ3) is 4.24. The fourth-order valence-electron chi connectivity index (χ4n) is 9.37. The Morgan fingerprint density at radius 1 is 0.314 bits per heavy atom. The van der Waals surface area contributed by atoms with Crippen molar-refractivity contribution < 1.29 is 14.2 Å². The molecule has 3 heteroatoms. The lowest BCUT2D eigenvalue weighted by molar-refractivity contribution is 0.414. The van der Waals surface area contributed by atoms with Gasteiger partial charge in [0.1, 0.15) is 17.2 Å². The molecular weight excluding hydrogens is 625 g/mol. The summed E-state index contributed by atoms with van der Waals surface area (Å²) in [6, 6.07) is 53.5. The highest BCUT2D eigenvalue weighted by molar-refractivity contribution is 6.04. The molecule has 0 amide bonds. The Labute approximate surface area is 298 Å². The Hall–Kier alpha value is -6.06. The number of rotatable bonds is 6. The van der Waals surface area contributed by atoms with Crippen molar-refractivity contribution in [3.8, 4) is 50.6 Å². The van der Waals surface area contributed by atoms with E-state index in [4.69, 9.17) is 14.2 Å². The molecule has 0 saturated heterocycles. The monoisotopic (exact) mass is 660 g/mol. The maximum atomic E-state index is 5.63. The molecule has 51 heavy (non-hydrogen) atoms. The quantitative estimate of drug-likeness (QED) is 0.178. The van der Waals surface area contributed by atoms with Crippen molar-refractivity contribution >= 4 is 0 Å². The van der Waals surface area contributed by atoms with Gasteiger partial charge in [0.05, 0.1) is 21.3 Å². The molecule has 0 heterocycles. The van der Waals surface area contributed by atoms with E-state index in [1.165, 1.54) is 83.5 Å². The lowest BCUT2D eigenvalue weighted by Crippen LogP contribution is -2.08. The van der Waals surface area contributed by atoms with Crippen molar-refractivity contribution in [2.24, 2.45) is 0 Å². The predicted octanol–water partition coefficient (Wildman–Crippen LogP) is 11.2. The number of hydrogen-bond donors (Lipinski definition) is 0. The minimum absolute atomic E-state index is 0.0593.